The summed E-state index contributed by atoms with van der Waals surface area (Å²) in [5.74, 6) is 1.09. The lowest BCUT2D eigenvalue weighted by atomic mass is 10.0. The highest BCUT2D eigenvalue weighted by molar-refractivity contribution is 6.30. The fourth-order valence-electron chi connectivity index (χ4n) is 4.52. The van der Waals surface area contributed by atoms with Crippen molar-refractivity contribution in [2.45, 2.75) is 6.61 Å². The fourth-order valence-corrected chi connectivity index (χ4v) is 4.77. The van der Waals surface area contributed by atoms with Crippen LogP contribution in [0.15, 0.2) is 36.4 Å². The van der Waals surface area contributed by atoms with Crippen LogP contribution in [0.3, 0.4) is 0 Å². The van der Waals surface area contributed by atoms with Gasteiger partial charge in [0, 0.05) is 48.6 Å². The first kappa shape index (κ1) is 20.6. The standard InChI is InChI=1S/C22H22ClN5O4/c1-31-18-5-13(4-17(23)7-18)12-32-22(30)28-10-15-8-27(9-16(15)11-28)21(29)14-2-3-19-20(6-14)25-26-24-19/h2-7,15-16H,8-12H2,1H3,(H,24,25,26)/t15-,16+. The Hall–Kier alpha value is -3.33. The average molecular weight is 456 g/mol. The molecule has 2 aliphatic rings. The first-order valence-electron chi connectivity index (χ1n) is 10.4. The summed E-state index contributed by atoms with van der Waals surface area (Å²) in [6.45, 7) is 2.52. The Balaban J connectivity index is 1.16. The van der Waals surface area contributed by atoms with Crippen molar-refractivity contribution in [1.82, 2.24) is 25.2 Å². The zero-order valence-electron chi connectivity index (χ0n) is 17.5. The van der Waals surface area contributed by atoms with Crippen molar-refractivity contribution in [3.8, 4) is 5.75 Å². The van der Waals surface area contributed by atoms with Gasteiger partial charge in [-0.2, -0.15) is 0 Å². The number of likely N-dealkylation sites (tertiary alicyclic amines) is 2. The van der Waals surface area contributed by atoms with E-state index in [1.165, 1.54) is 0 Å². The number of aromatic amines is 1. The number of fused-ring (bicyclic) bond motifs is 2. The third-order valence-electron chi connectivity index (χ3n) is 6.13. The first-order valence-corrected chi connectivity index (χ1v) is 10.7. The van der Waals surface area contributed by atoms with Crippen LogP contribution < -0.4 is 4.74 Å². The van der Waals surface area contributed by atoms with Gasteiger partial charge in [0.2, 0.25) is 0 Å². The van der Waals surface area contributed by atoms with E-state index < -0.39 is 0 Å². The summed E-state index contributed by atoms with van der Waals surface area (Å²) in [7, 11) is 1.56. The van der Waals surface area contributed by atoms with Gasteiger partial charge in [-0.15, -0.1) is 5.10 Å². The lowest BCUT2D eigenvalue weighted by molar-refractivity contribution is 0.0764. The zero-order valence-corrected chi connectivity index (χ0v) is 18.2. The summed E-state index contributed by atoms with van der Waals surface area (Å²) < 4.78 is 10.7. The van der Waals surface area contributed by atoms with Crippen molar-refractivity contribution in [3.63, 3.8) is 0 Å². The zero-order chi connectivity index (χ0) is 22.2. The van der Waals surface area contributed by atoms with Gasteiger partial charge < -0.3 is 19.3 Å². The number of halogens is 1. The van der Waals surface area contributed by atoms with Crippen LogP contribution in [0.2, 0.25) is 5.02 Å². The van der Waals surface area contributed by atoms with Crippen LogP contribution in [0.4, 0.5) is 4.79 Å². The molecule has 5 rings (SSSR count). The lowest BCUT2D eigenvalue weighted by Crippen LogP contribution is -2.35. The summed E-state index contributed by atoms with van der Waals surface area (Å²) in [6.07, 6.45) is -0.354. The van der Waals surface area contributed by atoms with Crippen molar-refractivity contribution in [3.05, 3.63) is 52.5 Å². The summed E-state index contributed by atoms with van der Waals surface area (Å²) in [6, 6.07) is 10.6. The molecular weight excluding hydrogens is 434 g/mol. The van der Waals surface area contributed by atoms with Crippen molar-refractivity contribution >= 4 is 34.6 Å². The third kappa shape index (κ3) is 3.95. The van der Waals surface area contributed by atoms with Gasteiger partial charge in [0.05, 0.1) is 12.6 Å². The Labute approximate surface area is 189 Å². The van der Waals surface area contributed by atoms with Gasteiger partial charge >= 0.3 is 6.09 Å². The molecule has 0 saturated carbocycles. The lowest BCUT2D eigenvalue weighted by Gasteiger charge is -2.21. The highest BCUT2D eigenvalue weighted by atomic mass is 35.5. The number of methoxy groups -OCH3 is 1. The topological polar surface area (TPSA) is 101 Å². The molecule has 3 aromatic rings. The number of nitrogens with one attached hydrogen (secondary N) is 1. The number of ether oxygens (including phenoxy) is 2. The molecule has 2 saturated heterocycles. The van der Waals surface area contributed by atoms with E-state index in [0.29, 0.717) is 48.0 Å². The van der Waals surface area contributed by atoms with E-state index in [4.69, 9.17) is 21.1 Å². The van der Waals surface area contributed by atoms with Gasteiger partial charge in [-0.05, 0) is 42.0 Å². The summed E-state index contributed by atoms with van der Waals surface area (Å²) in [5, 5.41) is 11.0. The number of carbonyl (C=O) groups is 2. The summed E-state index contributed by atoms with van der Waals surface area (Å²) in [4.78, 5) is 29.1. The third-order valence-corrected chi connectivity index (χ3v) is 6.35. The molecule has 2 amide bonds. The molecule has 10 heteroatoms. The molecule has 1 aromatic heterocycles. The molecule has 1 N–H and O–H groups in total. The van der Waals surface area contributed by atoms with Crippen LogP contribution in [0.25, 0.3) is 11.0 Å². The molecule has 32 heavy (non-hydrogen) atoms. The van der Waals surface area contributed by atoms with Gasteiger partial charge in [-0.3, -0.25) is 9.89 Å². The molecule has 2 atom stereocenters. The van der Waals surface area contributed by atoms with E-state index in [1.807, 2.05) is 11.0 Å². The van der Waals surface area contributed by atoms with Gasteiger partial charge in [0.1, 0.15) is 17.9 Å². The Morgan fingerprint density at radius 2 is 1.84 bits per heavy atom. The number of H-pyrrole nitrogens is 1. The van der Waals surface area contributed by atoms with E-state index in [1.54, 1.807) is 42.3 Å². The van der Waals surface area contributed by atoms with E-state index in [9.17, 15) is 9.59 Å². The Bertz CT molecular complexity index is 1170. The number of carbonyl (C=O) groups excluding carboxylic acids is 2. The predicted molar refractivity (Wildman–Crippen MR) is 117 cm³/mol. The second-order valence-electron chi connectivity index (χ2n) is 8.23. The highest BCUT2D eigenvalue weighted by Crippen LogP contribution is 2.32. The van der Waals surface area contributed by atoms with E-state index in [0.717, 1.165) is 11.1 Å². The molecule has 0 radical (unpaired) electrons. The Morgan fingerprint density at radius 1 is 1.09 bits per heavy atom. The van der Waals surface area contributed by atoms with Gasteiger partial charge in [-0.25, -0.2) is 4.79 Å². The predicted octanol–water partition coefficient (Wildman–Crippen LogP) is 2.96. The number of hydrogen-bond acceptors (Lipinski definition) is 6. The molecule has 3 heterocycles. The maximum absolute atomic E-state index is 12.9. The maximum Gasteiger partial charge on any atom is 0.410 e. The van der Waals surface area contributed by atoms with E-state index in [-0.39, 0.29) is 30.4 Å². The van der Waals surface area contributed by atoms with Crippen molar-refractivity contribution < 1.29 is 19.1 Å². The van der Waals surface area contributed by atoms with Crippen LogP contribution in [-0.4, -0.2) is 70.5 Å². The first-order chi connectivity index (χ1) is 15.5. The molecule has 166 valence electrons. The molecule has 2 aliphatic heterocycles. The maximum atomic E-state index is 12.9. The second-order valence-corrected chi connectivity index (χ2v) is 8.67. The van der Waals surface area contributed by atoms with Crippen molar-refractivity contribution in [2.24, 2.45) is 11.8 Å². The molecule has 0 unspecified atom stereocenters. The van der Waals surface area contributed by atoms with Crippen LogP contribution in [0.1, 0.15) is 15.9 Å². The minimum atomic E-state index is -0.354. The molecular formula is C22H22ClN5O4. The minimum Gasteiger partial charge on any atom is -0.497 e. The molecule has 9 nitrogen and oxygen atoms in total. The highest BCUT2D eigenvalue weighted by Gasteiger charge is 2.43. The average Bonchev–Trinajstić information content (AvgIpc) is 3.50. The quantitative estimate of drug-likeness (QED) is 0.649. The minimum absolute atomic E-state index is 0.0201. The summed E-state index contributed by atoms with van der Waals surface area (Å²) >= 11 is 6.07. The summed E-state index contributed by atoms with van der Waals surface area (Å²) in [5.41, 5.74) is 2.83. The molecule has 0 bridgehead atoms. The fraction of sp³-hybridized carbons (Fsp3) is 0.364. The van der Waals surface area contributed by atoms with Gasteiger partial charge in [0.25, 0.3) is 5.91 Å². The van der Waals surface area contributed by atoms with E-state index in [2.05, 4.69) is 15.4 Å². The number of amides is 2. The molecule has 0 aliphatic carbocycles. The number of rotatable bonds is 4. The number of hydrogen-bond donors (Lipinski definition) is 1. The smallest absolute Gasteiger partial charge is 0.410 e. The van der Waals surface area contributed by atoms with Crippen LogP contribution in [0.5, 0.6) is 5.75 Å². The second kappa shape index (κ2) is 8.31. The van der Waals surface area contributed by atoms with Crippen molar-refractivity contribution in [1.29, 1.82) is 0 Å². The Morgan fingerprint density at radius 3 is 2.59 bits per heavy atom. The van der Waals surface area contributed by atoms with E-state index >= 15 is 0 Å². The largest absolute Gasteiger partial charge is 0.497 e. The van der Waals surface area contributed by atoms with Gasteiger partial charge in [-0.1, -0.05) is 16.8 Å². The monoisotopic (exact) mass is 455 g/mol. The Kier molecular flexibility index (Phi) is 5.34. The van der Waals surface area contributed by atoms with Gasteiger partial charge in [0.15, 0.2) is 0 Å². The number of nitrogens with zero attached hydrogens (tertiary/aromatic N) is 4. The van der Waals surface area contributed by atoms with Crippen LogP contribution >= 0.6 is 11.6 Å². The van der Waals surface area contributed by atoms with Crippen LogP contribution in [-0.2, 0) is 11.3 Å². The van der Waals surface area contributed by atoms with Crippen LogP contribution in [0, 0.1) is 11.8 Å². The SMILES string of the molecule is COc1cc(Cl)cc(COC(=O)N2C[C@@H]3CN(C(=O)c4ccc5[nH]nnc5c4)C[C@@H]3C2)c1. The van der Waals surface area contributed by atoms with Crippen molar-refractivity contribution in [2.75, 3.05) is 33.3 Å². The molecule has 2 aromatic carbocycles. The molecule has 2 fully saturated rings. The number of benzene rings is 2. The normalized spacial score (nSPS) is 19.9. The molecule has 0 spiro atoms. The number of aromatic nitrogens is 3.